The van der Waals surface area contributed by atoms with E-state index < -0.39 is 6.61 Å². The number of alkyl halides is 2. The molecule has 100 valence electrons. The normalized spacial score (nSPS) is 10.8. The maximum atomic E-state index is 12.4. The average molecular weight is 325 g/mol. The van der Waals surface area contributed by atoms with E-state index >= 15 is 0 Å². The Morgan fingerprint density at radius 2 is 1.74 bits per heavy atom. The first-order valence-electron chi connectivity index (χ1n) is 5.02. The monoisotopic (exact) mass is 323 g/mol. The summed E-state index contributed by atoms with van der Waals surface area (Å²) < 4.78 is 29.2. The highest BCUT2D eigenvalue weighted by Crippen LogP contribution is 2.38. The highest BCUT2D eigenvalue weighted by Gasteiger charge is 2.16. The molecular weight excluding hydrogens is 318 g/mol. The molecule has 0 aliphatic heterocycles. The number of ether oxygens (including phenoxy) is 1. The summed E-state index contributed by atoms with van der Waals surface area (Å²) in [7, 11) is 0. The minimum atomic E-state index is -2.98. The number of hydrogen-bond acceptors (Lipinski definition) is 2. The van der Waals surface area contributed by atoms with E-state index in [0.717, 1.165) is 0 Å². The zero-order valence-electron chi connectivity index (χ0n) is 9.21. The van der Waals surface area contributed by atoms with Crippen LogP contribution >= 0.6 is 34.8 Å². The molecule has 2 aromatic rings. The van der Waals surface area contributed by atoms with Gasteiger partial charge in [0.1, 0.15) is 5.02 Å². The predicted molar refractivity (Wildman–Crippen MR) is 71.3 cm³/mol. The fraction of sp³-hybridized carbons (Fsp3) is 0.0833. The molecule has 7 heteroatoms. The molecule has 1 aromatic carbocycles. The first-order valence-corrected chi connectivity index (χ1v) is 6.16. The number of benzene rings is 1. The van der Waals surface area contributed by atoms with Crippen molar-refractivity contribution >= 4 is 34.8 Å². The van der Waals surface area contributed by atoms with Crippen LogP contribution in [0.4, 0.5) is 8.78 Å². The Bertz CT molecular complexity index is 608. The number of aromatic nitrogens is 1. The minimum Gasteiger partial charge on any atom is -0.432 e. The Labute approximate surface area is 122 Å². The van der Waals surface area contributed by atoms with Crippen molar-refractivity contribution in [3.05, 3.63) is 45.7 Å². The second-order valence-corrected chi connectivity index (χ2v) is 4.73. The van der Waals surface area contributed by atoms with Gasteiger partial charge in [-0.15, -0.1) is 0 Å². The van der Waals surface area contributed by atoms with Gasteiger partial charge in [0.15, 0.2) is 5.75 Å². The molecule has 0 unspecified atom stereocenters. The average Bonchev–Trinajstić information content (AvgIpc) is 2.35. The molecule has 0 saturated heterocycles. The molecule has 0 fully saturated rings. The number of halogens is 5. The first-order chi connectivity index (χ1) is 8.99. The summed E-state index contributed by atoms with van der Waals surface area (Å²) in [5.41, 5.74) is 0.839. The molecule has 19 heavy (non-hydrogen) atoms. The van der Waals surface area contributed by atoms with E-state index in [4.69, 9.17) is 34.8 Å². The van der Waals surface area contributed by atoms with Crippen LogP contribution in [0.3, 0.4) is 0 Å². The lowest BCUT2D eigenvalue weighted by Crippen LogP contribution is -2.04. The quantitative estimate of drug-likeness (QED) is 0.763. The van der Waals surface area contributed by atoms with Gasteiger partial charge in [0, 0.05) is 18.0 Å². The first kappa shape index (κ1) is 14.3. The maximum Gasteiger partial charge on any atom is 0.387 e. The van der Waals surface area contributed by atoms with E-state index in [1.54, 1.807) is 12.1 Å². The molecule has 0 bridgehead atoms. The van der Waals surface area contributed by atoms with Crippen molar-refractivity contribution in [1.82, 2.24) is 4.98 Å². The lowest BCUT2D eigenvalue weighted by Gasteiger charge is -2.12. The fourth-order valence-electron chi connectivity index (χ4n) is 1.50. The number of pyridine rings is 1. The maximum absolute atomic E-state index is 12.4. The van der Waals surface area contributed by atoms with Gasteiger partial charge < -0.3 is 4.74 Å². The summed E-state index contributed by atoms with van der Waals surface area (Å²) in [5.74, 6) is -0.148. The second kappa shape index (κ2) is 5.90. The summed E-state index contributed by atoms with van der Waals surface area (Å²) in [6, 6.07) is 4.68. The molecule has 0 N–H and O–H groups in total. The molecule has 0 radical (unpaired) electrons. The van der Waals surface area contributed by atoms with Crippen molar-refractivity contribution in [2.75, 3.05) is 0 Å². The topological polar surface area (TPSA) is 22.1 Å². The van der Waals surface area contributed by atoms with Crippen molar-refractivity contribution in [3.8, 4) is 16.9 Å². The second-order valence-electron chi connectivity index (χ2n) is 3.51. The van der Waals surface area contributed by atoms with Crippen LogP contribution < -0.4 is 4.74 Å². The molecule has 0 atom stereocenters. The number of nitrogens with zero attached hydrogens (tertiary/aromatic N) is 1. The Kier molecular flexibility index (Phi) is 4.45. The number of hydrogen-bond donors (Lipinski definition) is 0. The van der Waals surface area contributed by atoms with Gasteiger partial charge in [-0.05, 0) is 17.7 Å². The number of rotatable bonds is 3. The van der Waals surface area contributed by atoms with Crippen LogP contribution in [0.1, 0.15) is 0 Å². The van der Waals surface area contributed by atoms with E-state index in [1.807, 2.05) is 0 Å². The third-order valence-electron chi connectivity index (χ3n) is 2.29. The van der Waals surface area contributed by atoms with Gasteiger partial charge in [-0.1, -0.05) is 40.9 Å². The van der Waals surface area contributed by atoms with Crippen LogP contribution in [-0.2, 0) is 0 Å². The molecule has 2 nitrogen and oxygen atoms in total. The van der Waals surface area contributed by atoms with Crippen LogP contribution in [0.5, 0.6) is 5.75 Å². The van der Waals surface area contributed by atoms with Crippen molar-refractivity contribution in [3.63, 3.8) is 0 Å². The van der Waals surface area contributed by atoms with E-state index in [-0.39, 0.29) is 10.8 Å². The van der Waals surface area contributed by atoms with Crippen LogP contribution in [-0.4, -0.2) is 11.6 Å². The minimum absolute atomic E-state index is 0.0103. The molecule has 0 saturated carbocycles. The molecule has 0 aliphatic rings. The SMILES string of the molecule is FC(F)Oc1c(Cl)cncc1-c1ccc(Cl)c(Cl)c1. The summed E-state index contributed by atoms with van der Waals surface area (Å²) in [4.78, 5) is 3.85. The van der Waals surface area contributed by atoms with Crippen molar-refractivity contribution in [1.29, 1.82) is 0 Å². The zero-order valence-corrected chi connectivity index (χ0v) is 11.5. The van der Waals surface area contributed by atoms with Crippen molar-refractivity contribution in [2.24, 2.45) is 0 Å². The molecule has 0 spiro atoms. The standard InChI is InChI=1S/C12H6Cl3F2NO/c13-8-2-1-6(3-9(8)14)7-4-18-5-10(15)11(7)19-12(16)17/h1-5,12H. The van der Waals surface area contributed by atoms with Gasteiger partial charge in [-0.2, -0.15) is 8.78 Å². The molecule has 1 heterocycles. The van der Waals surface area contributed by atoms with Gasteiger partial charge >= 0.3 is 6.61 Å². The van der Waals surface area contributed by atoms with Crippen LogP contribution in [0, 0.1) is 0 Å². The van der Waals surface area contributed by atoms with Crippen LogP contribution in [0.2, 0.25) is 15.1 Å². The Morgan fingerprint density at radius 3 is 2.37 bits per heavy atom. The highest BCUT2D eigenvalue weighted by atomic mass is 35.5. The lowest BCUT2D eigenvalue weighted by molar-refractivity contribution is -0.0494. The van der Waals surface area contributed by atoms with Crippen molar-refractivity contribution < 1.29 is 13.5 Å². The third kappa shape index (κ3) is 3.26. The summed E-state index contributed by atoms with van der Waals surface area (Å²) in [5, 5.41) is 0.641. The summed E-state index contributed by atoms with van der Waals surface area (Å²) >= 11 is 17.5. The summed E-state index contributed by atoms with van der Waals surface area (Å²) in [6.45, 7) is -2.98. The fourth-order valence-corrected chi connectivity index (χ4v) is 2.00. The smallest absolute Gasteiger partial charge is 0.387 e. The largest absolute Gasteiger partial charge is 0.432 e. The van der Waals surface area contributed by atoms with Gasteiger partial charge in [-0.25, -0.2) is 0 Å². The highest BCUT2D eigenvalue weighted by molar-refractivity contribution is 6.42. The van der Waals surface area contributed by atoms with Crippen molar-refractivity contribution in [2.45, 2.75) is 6.61 Å². The Morgan fingerprint density at radius 1 is 1.00 bits per heavy atom. The predicted octanol–water partition coefficient (Wildman–Crippen LogP) is 5.31. The molecule has 0 amide bonds. The summed E-state index contributed by atoms with van der Waals surface area (Å²) in [6.07, 6.45) is 2.59. The van der Waals surface area contributed by atoms with Gasteiger partial charge in [0.05, 0.1) is 10.0 Å². The van der Waals surface area contributed by atoms with E-state index in [2.05, 4.69) is 9.72 Å². The Hall–Kier alpha value is -1.10. The molecule has 0 aliphatic carbocycles. The molecule has 2 rings (SSSR count). The van der Waals surface area contributed by atoms with Gasteiger partial charge in [0.25, 0.3) is 0 Å². The van der Waals surface area contributed by atoms with Crippen LogP contribution in [0.15, 0.2) is 30.6 Å². The molecular formula is C12H6Cl3F2NO. The van der Waals surface area contributed by atoms with Gasteiger partial charge in [-0.3, -0.25) is 4.98 Å². The third-order valence-corrected chi connectivity index (χ3v) is 3.30. The van der Waals surface area contributed by atoms with E-state index in [0.29, 0.717) is 21.2 Å². The Balaban J connectivity index is 2.54. The van der Waals surface area contributed by atoms with E-state index in [9.17, 15) is 8.78 Å². The lowest BCUT2D eigenvalue weighted by atomic mass is 10.1. The van der Waals surface area contributed by atoms with Gasteiger partial charge in [0.2, 0.25) is 0 Å². The van der Waals surface area contributed by atoms with E-state index in [1.165, 1.54) is 18.5 Å². The zero-order chi connectivity index (χ0) is 14.0. The molecule has 1 aromatic heterocycles. The van der Waals surface area contributed by atoms with Crippen LogP contribution in [0.25, 0.3) is 11.1 Å².